The Hall–Kier alpha value is -1.07. The fourth-order valence-corrected chi connectivity index (χ4v) is 2.34. The van der Waals surface area contributed by atoms with Crippen molar-refractivity contribution >= 4 is 21.9 Å². The summed E-state index contributed by atoms with van der Waals surface area (Å²) in [5.41, 5.74) is 0.180. The number of esters is 1. The molecular weight excluding hydrogens is 300 g/mol. The second-order valence-electron chi connectivity index (χ2n) is 4.20. The minimum atomic E-state index is -0.665. The second-order valence-corrected chi connectivity index (χ2v) is 5.12. The first kappa shape index (κ1) is 13.4. The molecule has 0 spiro atoms. The molecule has 18 heavy (non-hydrogen) atoms. The summed E-state index contributed by atoms with van der Waals surface area (Å²) in [6, 6.07) is 5.63. The van der Waals surface area contributed by atoms with Crippen molar-refractivity contribution in [2.75, 3.05) is 13.7 Å². The summed E-state index contributed by atoms with van der Waals surface area (Å²) in [6.45, 7) is 3.99. The molecule has 5 heteroatoms. The fourth-order valence-electron chi connectivity index (χ4n) is 1.97. The summed E-state index contributed by atoms with van der Waals surface area (Å²) in [5, 5.41) is 0. The average molecular weight is 315 g/mol. The van der Waals surface area contributed by atoms with Crippen LogP contribution in [-0.2, 0) is 19.9 Å². The average Bonchev–Trinajstić information content (AvgIpc) is 3.03. The standard InChI is InChI=1S/C13H15BrO4/c1-4-17-12(15)11-13(2,18-11)9-7-8(14)5-6-10(9)16-3/h5-7,11H,4H2,1-3H3. The van der Waals surface area contributed by atoms with Crippen LogP contribution < -0.4 is 4.74 Å². The van der Waals surface area contributed by atoms with Crippen molar-refractivity contribution in [1.82, 2.24) is 0 Å². The highest BCUT2D eigenvalue weighted by atomic mass is 79.9. The molecule has 0 saturated carbocycles. The number of carbonyl (C=O) groups excluding carboxylic acids is 1. The zero-order chi connectivity index (χ0) is 13.3. The van der Waals surface area contributed by atoms with Crippen molar-refractivity contribution in [3.63, 3.8) is 0 Å². The Labute approximate surface area is 114 Å². The molecule has 1 heterocycles. The van der Waals surface area contributed by atoms with E-state index in [1.807, 2.05) is 25.1 Å². The Morgan fingerprint density at radius 3 is 2.89 bits per heavy atom. The summed E-state index contributed by atoms with van der Waals surface area (Å²) in [7, 11) is 1.60. The molecule has 1 aliphatic rings. The van der Waals surface area contributed by atoms with E-state index >= 15 is 0 Å². The van der Waals surface area contributed by atoms with Gasteiger partial charge < -0.3 is 14.2 Å². The molecule has 0 aromatic heterocycles. The predicted octanol–water partition coefficient (Wildman–Crippen LogP) is 2.63. The quantitative estimate of drug-likeness (QED) is 0.633. The van der Waals surface area contributed by atoms with E-state index in [-0.39, 0.29) is 5.97 Å². The van der Waals surface area contributed by atoms with Gasteiger partial charge in [-0.1, -0.05) is 15.9 Å². The maximum atomic E-state index is 11.7. The number of benzene rings is 1. The number of hydrogen-bond donors (Lipinski definition) is 0. The Bertz CT molecular complexity index is 474. The first-order valence-corrected chi connectivity index (χ1v) is 6.50. The van der Waals surface area contributed by atoms with E-state index < -0.39 is 11.7 Å². The second kappa shape index (κ2) is 4.90. The SMILES string of the molecule is CCOC(=O)C1OC1(C)c1cc(Br)ccc1OC. The van der Waals surface area contributed by atoms with Crippen LogP contribution >= 0.6 is 15.9 Å². The van der Waals surface area contributed by atoms with Crippen LogP contribution in [0.1, 0.15) is 19.4 Å². The maximum absolute atomic E-state index is 11.7. The Morgan fingerprint density at radius 1 is 1.56 bits per heavy atom. The van der Waals surface area contributed by atoms with Gasteiger partial charge in [-0.2, -0.15) is 0 Å². The summed E-state index contributed by atoms with van der Waals surface area (Å²) in [4.78, 5) is 11.7. The number of halogens is 1. The summed E-state index contributed by atoms with van der Waals surface area (Å²) >= 11 is 3.41. The molecule has 1 aromatic rings. The van der Waals surface area contributed by atoms with Crippen molar-refractivity contribution < 1.29 is 19.0 Å². The van der Waals surface area contributed by atoms with E-state index in [1.54, 1.807) is 14.0 Å². The van der Waals surface area contributed by atoms with Gasteiger partial charge in [-0.25, -0.2) is 4.79 Å². The molecule has 4 nitrogen and oxygen atoms in total. The highest BCUT2D eigenvalue weighted by Crippen LogP contribution is 2.50. The third kappa shape index (κ3) is 2.24. The lowest BCUT2D eigenvalue weighted by molar-refractivity contribution is -0.144. The van der Waals surface area contributed by atoms with Crippen molar-refractivity contribution in [3.8, 4) is 5.75 Å². The van der Waals surface area contributed by atoms with Crippen LogP contribution in [0.3, 0.4) is 0 Å². The van der Waals surface area contributed by atoms with Crippen molar-refractivity contribution in [2.45, 2.75) is 25.6 Å². The van der Waals surface area contributed by atoms with E-state index in [9.17, 15) is 4.79 Å². The van der Waals surface area contributed by atoms with Gasteiger partial charge in [0.2, 0.25) is 0 Å². The number of hydrogen-bond acceptors (Lipinski definition) is 4. The first-order chi connectivity index (χ1) is 8.52. The first-order valence-electron chi connectivity index (χ1n) is 5.71. The Kier molecular flexibility index (Phi) is 3.64. The van der Waals surface area contributed by atoms with E-state index in [0.717, 1.165) is 10.0 Å². The van der Waals surface area contributed by atoms with E-state index in [0.29, 0.717) is 12.4 Å². The Morgan fingerprint density at radius 2 is 2.28 bits per heavy atom. The van der Waals surface area contributed by atoms with Gasteiger partial charge in [0.05, 0.1) is 13.7 Å². The largest absolute Gasteiger partial charge is 0.496 e. The molecule has 0 radical (unpaired) electrons. The maximum Gasteiger partial charge on any atom is 0.338 e. The van der Waals surface area contributed by atoms with Gasteiger partial charge >= 0.3 is 5.97 Å². The molecule has 0 bridgehead atoms. The topological polar surface area (TPSA) is 48.1 Å². The molecule has 98 valence electrons. The molecule has 1 aromatic carbocycles. The highest BCUT2D eigenvalue weighted by Gasteiger charge is 2.60. The molecule has 1 saturated heterocycles. The van der Waals surface area contributed by atoms with Gasteiger partial charge in [-0.3, -0.25) is 0 Å². The molecule has 0 aliphatic carbocycles. The fraction of sp³-hybridized carbons (Fsp3) is 0.462. The molecule has 2 rings (SSSR count). The van der Waals surface area contributed by atoms with Gasteiger partial charge in [-0.05, 0) is 32.0 Å². The summed E-state index contributed by atoms with van der Waals surface area (Å²) < 4.78 is 16.7. The third-order valence-corrected chi connectivity index (χ3v) is 3.50. The van der Waals surface area contributed by atoms with Gasteiger partial charge in [-0.15, -0.1) is 0 Å². The van der Waals surface area contributed by atoms with Gasteiger partial charge in [0.1, 0.15) is 11.4 Å². The van der Waals surface area contributed by atoms with E-state index in [1.165, 1.54) is 0 Å². The van der Waals surface area contributed by atoms with Crippen LogP contribution in [-0.4, -0.2) is 25.8 Å². The van der Waals surface area contributed by atoms with Gasteiger partial charge in [0.25, 0.3) is 0 Å². The third-order valence-electron chi connectivity index (χ3n) is 3.00. The smallest absolute Gasteiger partial charge is 0.338 e. The molecule has 2 atom stereocenters. The van der Waals surface area contributed by atoms with Crippen LogP contribution in [0.25, 0.3) is 0 Å². The van der Waals surface area contributed by atoms with Crippen LogP contribution in [0.4, 0.5) is 0 Å². The molecule has 0 amide bonds. The lowest BCUT2D eigenvalue weighted by Gasteiger charge is -2.12. The minimum absolute atomic E-state index is 0.331. The zero-order valence-electron chi connectivity index (χ0n) is 10.5. The molecule has 2 unspecified atom stereocenters. The number of rotatable bonds is 4. The van der Waals surface area contributed by atoms with Crippen molar-refractivity contribution in [3.05, 3.63) is 28.2 Å². The van der Waals surface area contributed by atoms with E-state index in [4.69, 9.17) is 14.2 Å². The Balaban J connectivity index is 2.28. The van der Waals surface area contributed by atoms with Crippen molar-refractivity contribution in [1.29, 1.82) is 0 Å². The number of epoxide rings is 1. The molecule has 0 N–H and O–H groups in total. The summed E-state index contributed by atoms with van der Waals surface area (Å²) in [5.74, 6) is 0.370. The summed E-state index contributed by atoms with van der Waals surface area (Å²) in [6.07, 6.45) is -0.555. The number of carbonyl (C=O) groups is 1. The molecule has 1 fully saturated rings. The van der Waals surface area contributed by atoms with Gasteiger partial charge in [0, 0.05) is 10.0 Å². The van der Waals surface area contributed by atoms with E-state index in [2.05, 4.69) is 15.9 Å². The minimum Gasteiger partial charge on any atom is -0.496 e. The molecule has 1 aliphatic heterocycles. The van der Waals surface area contributed by atoms with Gasteiger partial charge in [0.15, 0.2) is 6.10 Å². The lowest BCUT2D eigenvalue weighted by atomic mass is 9.96. The number of ether oxygens (including phenoxy) is 3. The highest BCUT2D eigenvalue weighted by molar-refractivity contribution is 9.10. The monoisotopic (exact) mass is 314 g/mol. The van der Waals surface area contributed by atoms with Crippen LogP contribution in [0.2, 0.25) is 0 Å². The molecular formula is C13H15BrO4. The van der Waals surface area contributed by atoms with Crippen molar-refractivity contribution in [2.24, 2.45) is 0 Å². The van der Waals surface area contributed by atoms with Crippen LogP contribution in [0.15, 0.2) is 22.7 Å². The zero-order valence-corrected chi connectivity index (χ0v) is 12.1. The van der Waals surface area contributed by atoms with Crippen LogP contribution in [0, 0.1) is 0 Å². The number of methoxy groups -OCH3 is 1. The lowest BCUT2D eigenvalue weighted by Crippen LogP contribution is -2.19. The predicted molar refractivity (Wildman–Crippen MR) is 69.6 cm³/mol. The van der Waals surface area contributed by atoms with Crippen LogP contribution in [0.5, 0.6) is 5.75 Å². The normalized spacial score (nSPS) is 25.7.